The quantitative estimate of drug-likeness (QED) is 0.150. The van der Waals surface area contributed by atoms with Crippen molar-refractivity contribution in [2.45, 2.75) is 91.5 Å². The fourth-order valence-corrected chi connectivity index (χ4v) is 7.38. The standard InChI is InChI=1S/C24H28N4O3.C15H12N2O2.C9H18N2O2.BH2.U/c1-16-25-20-7-5-6-8-21(20)28(16)19-11-9-17(10-12-19)22(29)26-18-13-14-27(15-18)23(30)31-24(2,3)4;1-10-16-13-4-2-3-5-14(13)17(10)12-8-6-11(7-9-12)15(18)19;1-9(2,3)13-8(12)11-5-4-7(10)6-11;;/h5-12,18H,13-15H2,1-4H3,(H,26,29);2-9H,1H3,(H,18,19);7H,4-6,10H2,1-3H3;1H2;/t18-;;7-;;/m1.1../s1/i;;;1T2;. The second-order valence-electron chi connectivity index (χ2n) is 17.7. The van der Waals surface area contributed by atoms with E-state index in [2.05, 4.69) is 19.9 Å². The molecular weight excluding hydrogens is 1050 g/mol. The van der Waals surface area contributed by atoms with Crippen LogP contribution in [0.1, 0.15) is 86.7 Å². The van der Waals surface area contributed by atoms with Gasteiger partial charge >= 0.3 is 18.2 Å². The van der Waals surface area contributed by atoms with Crippen molar-refractivity contribution in [1.82, 2.24) is 34.2 Å². The Morgan fingerprint density at radius 2 is 1.11 bits per heavy atom. The van der Waals surface area contributed by atoms with E-state index in [9.17, 15) is 19.2 Å². The number of hydrogen-bond donors (Lipinski definition) is 3. The molecule has 2 aromatic heterocycles. The van der Waals surface area contributed by atoms with Crippen LogP contribution in [-0.2, 0) is 9.47 Å². The van der Waals surface area contributed by atoms with Gasteiger partial charge in [0.1, 0.15) is 22.9 Å². The number of carbonyl (C=O) groups excluding carboxylic acids is 3. The van der Waals surface area contributed by atoms with Gasteiger partial charge in [-0.2, -0.15) is 0 Å². The molecule has 4 aromatic carbocycles. The van der Waals surface area contributed by atoms with E-state index in [1.165, 1.54) is 0 Å². The Hall–Kier alpha value is -5.62. The number of nitrogens with zero attached hydrogens (tertiary/aromatic N) is 6. The molecular formula is C48H60BN8O7U. The van der Waals surface area contributed by atoms with Crippen LogP contribution in [0.25, 0.3) is 33.4 Å². The van der Waals surface area contributed by atoms with Gasteiger partial charge in [0.2, 0.25) is 0 Å². The number of carboxylic acid groups (broad SMARTS) is 1. The summed E-state index contributed by atoms with van der Waals surface area (Å²) in [6.07, 6.45) is 1.000. The van der Waals surface area contributed by atoms with Crippen LogP contribution in [0.4, 0.5) is 9.59 Å². The molecule has 4 heterocycles. The average Bonchev–Trinajstić information content (AvgIpc) is 4.05. The molecule has 3 amide bonds. The first-order chi connectivity index (χ1) is 31.2. The molecule has 0 bridgehead atoms. The van der Waals surface area contributed by atoms with Crippen LogP contribution in [0.15, 0.2) is 97.1 Å². The summed E-state index contributed by atoms with van der Waals surface area (Å²) in [6, 6.07) is 30.2. The molecule has 1 radical (unpaired) electrons. The molecule has 65 heavy (non-hydrogen) atoms. The van der Waals surface area contributed by atoms with Gasteiger partial charge in [0.05, 0.1) is 36.0 Å². The summed E-state index contributed by atoms with van der Waals surface area (Å²) in [5.41, 5.74) is 11.4. The molecule has 2 fully saturated rings. The van der Waals surface area contributed by atoms with Crippen molar-refractivity contribution in [3.05, 3.63) is 120 Å². The zero-order valence-corrected chi connectivity index (χ0v) is 42.5. The van der Waals surface area contributed by atoms with Gasteiger partial charge < -0.3 is 35.4 Å². The number of carbonyl (C=O) groups is 4. The number of ether oxygens (including phenoxy) is 2. The number of nitrogens with two attached hydrogens (primary N) is 1. The summed E-state index contributed by atoms with van der Waals surface area (Å²) in [7, 11) is 0.500. The molecule has 341 valence electrons. The summed E-state index contributed by atoms with van der Waals surface area (Å²) in [4.78, 5) is 59.6. The number of para-hydroxylation sites is 4. The number of rotatable bonds is 5. The van der Waals surface area contributed by atoms with Gasteiger partial charge in [-0.05, 0) is 144 Å². The summed E-state index contributed by atoms with van der Waals surface area (Å²) in [5, 5.41) is 11.9. The van der Waals surface area contributed by atoms with E-state index in [0.717, 1.165) is 58.1 Å². The van der Waals surface area contributed by atoms with E-state index in [1.807, 2.05) is 133 Å². The van der Waals surface area contributed by atoms with Crippen LogP contribution in [0.2, 0.25) is 0 Å². The van der Waals surface area contributed by atoms with E-state index < -0.39 is 17.2 Å². The number of benzene rings is 4. The zero-order valence-electron chi connectivity index (χ0n) is 40.4. The molecule has 2 saturated heterocycles. The van der Waals surface area contributed by atoms with Crippen molar-refractivity contribution in [1.29, 1.82) is 2.67 Å². The molecule has 17 heteroatoms. The summed E-state index contributed by atoms with van der Waals surface area (Å²) in [6.45, 7) is 17.4. The Morgan fingerprint density at radius 1 is 0.692 bits per heavy atom. The van der Waals surface area contributed by atoms with Gasteiger partial charge in [-0.25, -0.2) is 24.4 Å². The SMILES string of the molecule is CC(C)(C)OC(=O)N1CC[C@@H](N)C1.Cc1nc2ccccc2n1-c1ccc(C(=O)N[C@@H]2CCN(C(=O)OC(C)(C)C)C2)cc1.Cc1nc2ccccc2n1-c1ccc(C(=O)O)cc1.[3H][B][3H].[U]. The predicted octanol–water partition coefficient (Wildman–Crippen LogP) is 7.14. The monoisotopic (exact) mass is 1110 g/mol. The third-order valence-electron chi connectivity index (χ3n) is 10.3. The maximum absolute atomic E-state index is 12.7. The van der Waals surface area contributed by atoms with E-state index in [4.69, 9.17) is 23.0 Å². The first-order valence-corrected chi connectivity index (χ1v) is 21.1. The maximum Gasteiger partial charge on any atom is 0.410 e. The van der Waals surface area contributed by atoms with Gasteiger partial charge in [0, 0.05) is 86.3 Å². The Morgan fingerprint density at radius 3 is 1.52 bits per heavy atom. The topological polar surface area (TPSA) is 187 Å². The van der Waals surface area contributed by atoms with Crippen LogP contribution < -0.4 is 11.1 Å². The average molecular weight is 1110 g/mol. The second-order valence-corrected chi connectivity index (χ2v) is 17.7. The molecule has 0 aliphatic carbocycles. The predicted molar refractivity (Wildman–Crippen MR) is 251 cm³/mol. The van der Waals surface area contributed by atoms with E-state index in [0.29, 0.717) is 40.0 Å². The number of imidazole rings is 2. The number of aryl methyl sites for hydroxylation is 2. The smallest absolute Gasteiger partial charge is 0.410 e. The van der Waals surface area contributed by atoms with Gasteiger partial charge in [-0.3, -0.25) is 13.9 Å². The Bertz CT molecular complexity index is 2610. The Labute approximate surface area is 408 Å². The minimum atomic E-state index is -0.918. The molecule has 2 atom stereocenters. The molecule has 6 aromatic rings. The number of aromatic nitrogens is 4. The number of fused-ring (bicyclic) bond motifs is 2. The third-order valence-corrected chi connectivity index (χ3v) is 10.3. The molecule has 2 aliphatic rings. The number of nitrogens with one attached hydrogen (secondary N) is 1. The van der Waals surface area contributed by atoms with Crippen LogP contribution in [0.5, 0.6) is 0 Å². The normalized spacial score (nSPS) is 16.0. The molecule has 0 spiro atoms. The molecule has 4 N–H and O–H groups in total. The minimum absolute atomic E-state index is 0. The molecule has 8 rings (SSSR count). The zero-order chi connectivity index (χ0) is 48.3. The van der Waals surface area contributed by atoms with E-state index in [1.54, 1.807) is 34.1 Å². The third kappa shape index (κ3) is 13.7. The number of aromatic carboxylic acids is 1. The fourth-order valence-electron chi connectivity index (χ4n) is 7.38. The largest absolute Gasteiger partial charge is 0.478 e. The van der Waals surface area contributed by atoms with Crippen molar-refractivity contribution < 1.29 is 64.9 Å². The van der Waals surface area contributed by atoms with Crippen molar-refractivity contribution >= 4 is 54.5 Å². The summed E-state index contributed by atoms with van der Waals surface area (Å²) < 4.78 is 26.2. The van der Waals surface area contributed by atoms with E-state index in [-0.39, 0.29) is 66.9 Å². The number of likely N-dealkylation sites (tertiary alicyclic amines) is 2. The Kier molecular flexibility index (Phi) is 16.6. The van der Waals surface area contributed by atoms with Crippen LogP contribution >= 0.6 is 0 Å². The molecule has 15 nitrogen and oxygen atoms in total. The van der Waals surface area contributed by atoms with Crippen molar-refractivity contribution in [2.24, 2.45) is 5.73 Å². The van der Waals surface area contributed by atoms with E-state index >= 15 is 0 Å². The van der Waals surface area contributed by atoms with Crippen LogP contribution in [-0.4, -0.2) is 119 Å². The molecule has 0 saturated carbocycles. The van der Waals surface area contributed by atoms with Gasteiger partial charge in [-0.15, -0.1) is 0 Å². The van der Waals surface area contributed by atoms with Crippen LogP contribution in [0.3, 0.4) is 0 Å². The van der Waals surface area contributed by atoms with Crippen LogP contribution in [0, 0.1) is 45.0 Å². The molecule has 0 unspecified atom stereocenters. The van der Waals surface area contributed by atoms with Gasteiger partial charge in [0.15, 0.2) is 0 Å². The minimum Gasteiger partial charge on any atom is -0.478 e. The summed E-state index contributed by atoms with van der Waals surface area (Å²) in [5.74, 6) is 0.712. The Balaban J connectivity index is 0.000000232. The summed E-state index contributed by atoms with van der Waals surface area (Å²) >= 11 is 0. The maximum atomic E-state index is 12.7. The van der Waals surface area contributed by atoms with Crippen molar-refractivity contribution in [3.8, 4) is 11.4 Å². The first-order valence-electron chi connectivity index (χ1n) is 22.3. The fraction of sp³-hybridized carbons (Fsp3) is 0.375. The van der Waals surface area contributed by atoms with Gasteiger partial charge in [0.25, 0.3) is 5.91 Å². The van der Waals surface area contributed by atoms with Crippen molar-refractivity contribution in [2.75, 3.05) is 26.2 Å². The second kappa shape index (κ2) is 22.0. The number of hydrogen-bond acceptors (Lipinski definition) is 9. The van der Waals surface area contributed by atoms with Crippen molar-refractivity contribution in [3.63, 3.8) is 0 Å². The first kappa shape index (κ1) is 48.8. The molecule has 2 aliphatic heterocycles. The van der Waals surface area contributed by atoms with Gasteiger partial charge in [-0.1, -0.05) is 24.3 Å². The number of amides is 3. The number of carboxylic acids is 1.